The Balaban J connectivity index is 0.000000861. The Morgan fingerprint density at radius 3 is 2.84 bits per heavy atom. The van der Waals surface area contributed by atoms with Crippen LogP contribution in [0.2, 0.25) is 0 Å². The molecule has 1 aliphatic heterocycles. The minimum absolute atomic E-state index is 0.0890. The predicted molar refractivity (Wildman–Crippen MR) is 79.3 cm³/mol. The van der Waals surface area contributed by atoms with Gasteiger partial charge < -0.3 is 10.1 Å². The minimum Gasteiger partial charge on any atom is -0.381 e. The quantitative estimate of drug-likeness (QED) is 0.901. The van der Waals surface area contributed by atoms with E-state index >= 15 is 0 Å². The highest BCUT2D eigenvalue weighted by atomic mass is 16.5. The summed E-state index contributed by atoms with van der Waals surface area (Å²) in [6, 6.07) is 7.87. The van der Waals surface area contributed by atoms with Crippen LogP contribution in [0.3, 0.4) is 0 Å². The summed E-state index contributed by atoms with van der Waals surface area (Å²) < 4.78 is 5.37. The van der Waals surface area contributed by atoms with Gasteiger partial charge in [0.2, 0.25) is 5.91 Å². The molecule has 106 valence electrons. The molecule has 0 bridgehead atoms. The fourth-order valence-corrected chi connectivity index (χ4v) is 2.17. The second kappa shape index (κ2) is 8.70. The monoisotopic (exact) mass is 263 g/mol. The molecular formula is C16H25NO2. The number of amides is 1. The molecule has 1 aromatic carbocycles. The lowest BCUT2D eigenvalue weighted by molar-refractivity contribution is -0.118. The molecule has 3 heteroatoms. The zero-order chi connectivity index (χ0) is 14.1. The number of nitrogens with one attached hydrogen (secondary N) is 1. The molecular weight excluding hydrogens is 238 g/mol. The molecule has 1 unspecified atom stereocenters. The number of ether oxygens (including phenoxy) is 1. The standard InChI is InChI=1S/C14H19NO2.C2H6/c1-11-4-2-6-13(8-11)15-14(16)9-12-5-3-7-17-10-12;1-2/h2,4,6,8,12H,3,5,7,9-10H2,1H3,(H,15,16);1-2H3. The van der Waals surface area contributed by atoms with Crippen molar-refractivity contribution in [2.75, 3.05) is 18.5 Å². The third kappa shape index (κ3) is 5.88. The second-order valence-corrected chi connectivity index (χ2v) is 4.70. The van der Waals surface area contributed by atoms with Crippen molar-refractivity contribution < 1.29 is 9.53 Å². The zero-order valence-corrected chi connectivity index (χ0v) is 12.2. The van der Waals surface area contributed by atoms with Crippen molar-refractivity contribution in [2.24, 2.45) is 5.92 Å². The van der Waals surface area contributed by atoms with Crippen molar-refractivity contribution in [3.63, 3.8) is 0 Å². The Morgan fingerprint density at radius 1 is 1.42 bits per heavy atom. The van der Waals surface area contributed by atoms with Crippen LogP contribution in [0.4, 0.5) is 5.69 Å². The van der Waals surface area contributed by atoms with Gasteiger partial charge in [-0.2, -0.15) is 0 Å². The van der Waals surface area contributed by atoms with E-state index in [0.717, 1.165) is 37.3 Å². The van der Waals surface area contributed by atoms with Crippen molar-refractivity contribution in [1.82, 2.24) is 0 Å². The molecule has 1 saturated heterocycles. The lowest BCUT2D eigenvalue weighted by Gasteiger charge is -2.21. The van der Waals surface area contributed by atoms with E-state index < -0.39 is 0 Å². The molecule has 1 aromatic rings. The summed E-state index contributed by atoms with van der Waals surface area (Å²) in [5.74, 6) is 0.472. The summed E-state index contributed by atoms with van der Waals surface area (Å²) in [7, 11) is 0. The van der Waals surface area contributed by atoms with E-state index in [1.165, 1.54) is 0 Å². The molecule has 1 amide bonds. The number of anilines is 1. The molecule has 1 atom stereocenters. The molecule has 1 aliphatic rings. The fraction of sp³-hybridized carbons (Fsp3) is 0.562. The smallest absolute Gasteiger partial charge is 0.224 e. The molecule has 0 aliphatic carbocycles. The lowest BCUT2D eigenvalue weighted by Crippen LogP contribution is -2.23. The van der Waals surface area contributed by atoms with Gasteiger partial charge in [0, 0.05) is 25.3 Å². The Bertz CT molecular complexity index is 384. The molecule has 0 saturated carbocycles. The van der Waals surface area contributed by atoms with Gasteiger partial charge in [-0.1, -0.05) is 26.0 Å². The van der Waals surface area contributed by atoms with Gasteiger partial charge in [-0.15, -0.1) is 0 Å². The molecule has 2 rings (SSSR count). The van der Waals surface area contributed by atoms with Gasteiger partial charge in [0.15, 0.2) is 0 Å². The van der Waals surface area contributed by atoms with E-state index in [1.54, 1.807) is 0 Å². The first-order valence-electron chi connectivity index (χ1n) is 7.18. The molecule has 1 fully saturated rings. The van der Waals surface area contributed by atoms with Crippen LogP contribution in [0.1, 0.15) is 38.7 Å². The van der Waals surface area contributed by atoms with Gasteiger partial charge >= 0.3 is 0 Å². The molecule has 0 aromatic heterocycles. The fourth-order valence-electron chi connectivity index (χ4n) is 2.17. The Hall–Kier alpha value is -1.35. The molecule has 1 N–H and O–H groups in total. The first kappa shape index (κ1) is 15.7. The topological polar surface area (TPSA) is 38.3 Å². The SMILES string of the molecule is CC.Cc1cccc(NC(=O)CC2CCCOC2)c1. The van der Waals surface area contributed by atoms with Crippen molar-refractivity contribution in [3.05, 3.63) is 29.8 Å². The van der Waals surface area contributed by atoms with Gasteiger partial charge in [-0.3, -0.25) is 4.79 Å². The number of carbonyl (C=O) groups excluding carboxylic acids is 1. The van der Waals surface area contributed by atoms with Crippen LogP contribution in [-0.4, -0.2) is 19.1 Å². The number of aryl methyl sites for hydroxylation is 1. The van der Waals surface area contributed by atoms with Gasteiger partial charge in [0.1, 0.15) is 0 Å². The van der Waals surface area contributed by atoms with E-state index in [2.05, 4.69) is 5.32 Å². The lowest BCUT2D eigenvalue weighted by atomic mass is 9.98. The van der Waals surface area contributed by atoms with Crippen molar-refractivity contribution >= 4 is 11.6 Å². The highest BCUT2D eigenvalue weighted by Crippen LogP contribution is 2.18. The van der Waals surface area contributed by atoms with Crippen molar-refractivity contribution in [3.8, 4) is 0 Å². The molecule has 0 spiro atoms. The van der Waals surface area contributed by atoms with Gasteiger partial charge in [-0.05, 0) is 43.4 Å². The summed E-state index contributed by atoms with van der Waals surface area (Å²) in [4.78, 5) is 11.8. The number of benzene rings is 1. The third-order valence-electron chi connectivity index (χ3n) is 3.03. The highest BCUT2D eigenvalue weighted by Gasteiger charge is 2.17. The van der Waals surface area contributed by atoms with Crippen LogP contribution in [0, 0.1) is 12.8 Å². The largest absolute Gasteiger partial charge is 0.381 e. The van der Waals surface area contributed by atoms with Crippen LogP contribution in [-0.2, 0) is 9.53 Å². The van der Waals surface area contributed by atoms with Gasteiger partial charge in [0.25, 0.3) is 0 Å². The van der Waals surface area contributed by atoms with Gasteiger partial charge in [0.05, 0.1) is 0 Å². The van der Waals surface area contributed by atoms with Crippen molar-refractivity contribution in [2.45, 2.75) is 40.0 Å². The first-order chi connectivity index (χ1) is 9.24. The second-order valence-electron chi connectivity index (χ2n) is 4.70. The molecule has 1 heterocycles. The zero-order valence-electron chi connectivity index (χ0n) is 12.2. The number of hydrogen-bond donors (Lipinski definition) is 1. The molecule has 3 nitrogen and oxygen atoms in total. The summed E-state index contributed by atoms with van der Waals surface area (Å²) >= 11 is 0. The summed E-state index contributed by atoms with van der Waals surface area (Å²) in [6.45, 7) is 7.59. The Kier molecular flexibility index (Phi) is 7.19. The average Bonchev–Trinajstić information content (AvgIpc) is 2.42. The number of carbonyl (C=O) groups is 1. The Morgan fingerprint density at radius 2 is 2.21 bits per heavy atom. The van der Waals surface area contributed by atoms with Crippen LogP contribution in [0.25, 0.3) is 0 Å². The Labute approximate surface area is 116 Å². The van der Waals surface area contributed by atoms with E-state index in [1.807, 2.05) is 45.0 Å². The number of hydrogen-bond acceptors (Lipinski definition) is 2. The maximum Gasteiger partial charge on any atom is 0.224 e. The maximum absolute atomic E-state index is 11.8. The maximum atomic E-state index is 11.8. The van der Waals surface area contributed by atoms with E-state index in [9.17, 15) is 4.79 Å². The van der Waals surface area contributed by atoms with Gasteiger partial charge in [-0.25, -0.2) is 0 Å². The number of rotatable bonds is 3. The summed E-state index contributed by atoms with van der Waals surface area (Å²) in [6.07, 6.45) is 2.73. The predicted octanol–water partition coefficient (Wildman–Crippen LogP) is 3.78. The minimum atomic E-state index is 0.0890. The van der Waals surface area contributed by atoms with E-state index in [0.29, 0.717) is 12.3 Å². The van der Waals surface area contributed by atoms with Crippen LogP contribution in [0.5, 0.6) is 0 Å². The van der Waals surface area contributed by atoms with Crippen molar-refractivity contribution in [1.29, 1.82) is 0 Å². The summed E-state index contributed by atoms with van der Waals surface area (Å²) in [5.41, 5.74) is 2.04. The first-order valence-corrected chi connectivity index (χ1v) is 7.18. The average molecular weight is 263 g/mol. The molecule has 19 heavy (non-hydrogen) atoms. The molecule has 0 radical (unpaired) electrons. The van der Waals surface area contributed by atoms with Crippen LogP contribution in [0.15, 0.2) is 24.3 Å². The summed E-state index contributed by atoms with van der Waals surface area (Å²) in [5, 5.41) is 2.94. The normalized spacial score (nSPS) is 18.2. The highest BCUT2D eigenvalue weighted by molar-refractivity contribution is 5.90. The van der Waals surface area contributed by atoms with E-state index in [-0.39, 0.29) is 5.91 Å². The van der Waals surface area contributed by atoms with E-state index in [4.69, 9.17) is 4.74 Å². The third-order valence-corrected chi connectivity index (χ3v) is 3.03. The van der Waals surface area contributed by atoms with Crippen LogP contribution >= 0.6 is 0 Å². The van der Waals surface area contributed by atoms with Crippen LogP contribution < -0.4 is 5.32 Å².